The molecule has 3 N–H and O–H groups in total. The molecule has 0 aliphatic carbocycles. The van der Waals surface area contributed by atoms with Crippen LogP contribution >= 0.6 is 0 Å². The van der Waals surface area contributed by atoms with Gasteiger partial charge in [-0.1, -0.05) is 46.5 Å². The van der Waals surface area contributed by atoms with E-state index in [9.17, 15) is 15.3 Å². The second-order valence-corrected chi connectivity index (χ2v) is 9.22. The van der Waals surface area contributed by atoms with Crippen molar-refractivity contribution < 1.29 is 20.1 Å². The molecule has 1 aliphatic heterocycles. The normalized spacial score (nSPS) is 21.6. The van der Waals surface area contributed by atoms with Crippen molar-refractivity contribution in [3.63, 3.8) is 0 Å². The molecule has 0 bridgehead atoms. The van der Waals surface area contributed by atoms with Gasteiger partial charge in [0.15, 0.2) is 0 Å². The molecule has 0 fully saturated rings. The minimum atomic E-state index is -0.514. The Morgan fingerprint density at radius 3 is 2.41 bits per heavy atom. The second kappa shape index (κ2) is 8.83. The number of phenols is 1. The number of hydrogen-bond donors (Lipinski definition) is 3. The van der Waals surface area contributed by atoms with Crippen LogP contribution in [0.2, 0.25) is 0 Å². The minimum Gasteiger partial charge on any atom is -0.508 e. The van der Waals surface area contributed by atoms with Crippen LogP contribution in [0.1, 0.15) is 90.2 Å². The molecule has 0 radical (unpaired) electrons. The molecule has 1 aliphatic rings. The van der Waals surface area contributed by atoms with E-state index in [2.05, 4.69) is 26.8 Å². The van der Waals surface area contributed by atoms with E-state index in [0.29, 0.717) is 17.7 Å². The Morgan fingerprint density at radius 2 is 1.81 bits per heavy atom. The number of aliphatic hydroxyl groups excluding tert-OH is 2. The number of aliphatic hydroxyl groups is 2. The van der Waals surface area contributed by atoms with Gasteiger partial charge < -0.3 is 20.1 Å². The molecule has 27 heavy (non-hydrogen) atoms. The number of rotatable bonds is 9. The van der Waals surface area contributed by atoms with Gasteiger partial charge in [0.25, 0.3) is 0 Å². The number of ether oxygens (including phenoxy) is 1. The lowest BCUT2D eigenvalue weighted by Crippen LogP contribution is -2.46. The van der Waals surface area contributed by atoms with Crippen molar-refractivity contribution >= 4 is 0 Å². The first kappa shape index (κ1) is 22.0. The van der Waals surface area contributed by atoms with Gasteiger partial charge in [-0.15, -0.1) is 0 Å². The Labute approximate surface area is 164 Å². The van der Waals surface area contributed by atoms with Gasteiger partial charge in [0.05, 0.1) is 6.61 Å². The summed E-state index contributed by atoms with van der Waals surface area (Å²) in [6, 6.07) is 3.90. The summed E-state index contributed by atoms with van der Waals surface area (Å²) in [7, 11) is 0. The fourth-order valence-electron chi connectivity index (χ4n) is 4.55. The number of unbranched alkanes of at least 4 members (excludes halogenated alkanes) is 3. The van der Waals surface area contributed by atoms with Crippen LogP contribution in [0, 0.1) is 5.92 Å². The van der Waals surface area contributed by atoms with Crippen LogP contribution in [0.25, 0.3) is 0 Å². The molecule has 2 rings (SSSR count). The highest BCUT2D eigenvalue weighted by molar-refractivity contribution is 5.53. The zero-order chi connectivity index (χ0) is 20.2. The molecular weight excluding hydrogens is 340 g/mol. The lowest BCUT2D eigenvalue weighted by molar-refractivity contribution is -0.0138. The second-order valence-electron chi connectivity index (χ2n) is 9.22. The Hall–Kier alpha value is -1.26. The molecule has 154 valence electrons. The third-order valence-corrected chi connectivity index (χ3v) is 6.32. The highest BCUT2D eigenvalue weighted by atomic mass is 16.5. The standard InChI is InChI=1S/C23H38O4/c1-6-7-8-9-11-22(2,3)16-13-19(26)21-17(15-25)18(10-12-24)23(4,5)27-20(21)14-16/h13-14,17-18,24-26H,6-12,15H2,1-5H3/t17-,18-/m1/s1. The molecule has 4 nitrogen and oxygen atoms in total. The molecule has 1 aromatic rings. The van der Waals surface area contributed by atoms with Crippen molar-refractivity contribution in [2.45, 2.75) is 90.1 Å². The van der Waals surface area contributed by atoms with Gasteiger partial charge in [-0.25, -0.2) is 0 Å². The molecule has 4 heteroatoms. The van der Waals surface area contributed by atoms with Gasteiger partial charge in [-0.3, -0.25) is 0 Å². The fourth-order valence-corrected chi connectivity index (χ4v) is 4.55. The fraction of sp³-hybridized carbons (Fsp3) is 0.739. The van der Waals surface area contributed by atoms with E-state index < -0.39 is 5.60 Å². The molecule has 0 saturated carbocycles. The third kappa shape index (κ3) is 4.78. The first-order chi connectivity index (χ1) is 12.7. The van der Waals surface area contributed by atoms with Crippen molar-refractivity contribution in [1.29, 1.82) is 0 Å². The first-order valence-corrected chi connectivity index (χ1v) is 10.5. The highest BCUT2D eigenvalue weighted by Gasteiger charge is 2.44. The SMILES string of the molecule is CCCCCCC(C)(C)c1cc(O)c2c(c1)OC(C)(C)[C@H](CCO)[C@H]2CO. The summed E-state index contributed by atoms with van der Waals surface area (Å²) in [5, 5.41) is 30.3. The molecule has 0 amide bonds. The molecule has 2 atom stereocenters. The summed E-state index contributed by atoms with van der Waals surface area (Å²) >= 11 is 0. The lowest BCUT2D eigenvalue weighted by atomic mass is 9.71. The van der Waals surface area contributed by atoms with Crippen LogP contribution in [0.4, 0.5) is 0 Å². The van der Waals surface area contributed by atoms with Crippen molar-refractivity contribution in [3.8, 4) is 11.5 Å². The molecule has 0 unspecified atom stereocenters. The van der Waals surface area contributed by atoms with E-state index in [1.165, 1.54) is 25.7 Å². The summed E-state index contributed by atoms with van der Waals surface area (Å²) < 4.78 is 6.29. The lowest BCUT2D eigenvalue weighted by Gasteiger charge is -2.45. The van der Waals surface area contributed by atoms with Gasteiger partial charge in [0.1, 0.15) is 17.1 Å². The van der Waals surface area contributed by atoms with Gasteiger partial charge in [0.2, 0.25) is 0 Å². The number of benzene rings is 1. The van der Waals surface area contributed by atoms with E-state index >= 15 is 0 Å². The Kier molecular flexibility index (Phi) is 7.20. The quantitative estimate of drug-likeness (QED) is 0.535. The topological polar surface area (TPSA) is 69.9 Å². The van der Waals surface area contributed by atoms with Gasteiger partial charge in [-0.05, 0) is 49.8 Å². The van der Waals surface area contributed by atoms with E-state index in [1.807, 2.05) is 19.9 Å². The van der Waals surface area contributed by atoms with Crippen LogP contribution in [-0.4, -0.2) is 34.1 Å². The monoisotopic (exact) mass is 378 g/mol. The molecule has 1 aromatic carbocycles. The minimum absolute atomic E-state index is 0.0346. The molecule has 0 aromatic heterocycles. The first-order valence-electron chi connectivity index (χ1n) is 10.5. The van der Waals surface area contributed by atoms with Crippen LogP contribution in [0.15, 0.2) is 12.1 Å². The van der Waals surface area contributed by atoms with Crippen LogP contribution < -0.4 is 4.74 Å². The zero-order valence-corrected chi connectivity index (χ0v) is 17.7. The van der Waals surface area contributed by atoms with Crippen LogP contribution in [-0.2, 0) is 5.41 Å². The smallest absolute Gasteiger partial charge is 0.127 e. The average molecular weight is 379 g/mol. The largest absolute Gasteiger partial charge is 0.508 e. The Morgan fingerprint density at radius 1 is 1.11 bits per heavy atom. The van der Waals surface area contributed by atoms with Crippen LogP contribution in [0.5, 0.6) is 11.5 Å². The van der Waals surface area contributed by atoms with Crippen molar-refractivity contribution in [1.82, 2.24) is 0 Å². The molecule has 1 heterocycles. The van der Waals surface area contributed by atoms with E-state index in [0.717, 1.165) is 12.0 Å². The molecule has 0 spiro atoms. The summed E-state index contributed by atoms with van der Waals surface area (Å²) in [6.45, 7) is 10.6. The van der Waals surface area contributed by atoms with E-state index in [-0.39, 0.29) is 36.2 Å². The van der Waals surface area contributed by atoms with Gasteiger partial charge in [-0.2, -0.15) is 0 Å². The van der Waals surface area contributed by atoms with Crippen LogP contribution in [0.3, 0.4) is 0 Å². The molecular formula is C23H38O4. The van der Waals surface area contributed by atoms with Gasteiger partial charge in [0, 0.05) is 24.0 Å². The average Bonchev–Trinajstić information content (AvgIpc) is 2.59. The maximum Gasteiger partial charge on any atom is 0.127 e. The predicted octanol–water partition coefficient (Wildman–Crippen LogP) is 4.89. The number of hydrogen-bond acceptors (Lipinski definition) is 4. The number of phenolic OH excluding ortho intramolecular Hbond substituents is 1. The van der Waals surface area contributed by atoms with Crippen molar-refractivity contribution in [3.05, 3.63) is 23.3 Å². The molecule has 0 saturated heterocycles. The van der Waals surface area contributed by atoms with E-state index in [1.54, 1.807) is 0 Å². The zero-order valence-electron chi connectivity index (χ0n) is 17.7. The summed E-state index contributed by atoms with van der Waals surface area (Å²) in [5.74, 6) is 0.572. The number of aromatic hydroxyl groups is 1. The summed E-state index contributed by atoms with van der Waals surface area (Å²) in [5.41, 5.74) is 1.19. The maximum atomic E-state index is 10.8. The van der Waals surface area contributed by atoms with Crippen molar-refractivity contribution in [2.24, 2.45) is 5.92 Å². The number of fused-ring (bicyclic) bond motifs is 1. The summed E-state index contributed by atoms with van der Waals surface area (Å²) in [4.78, 5) is 0. The predicted molar refractivity (Wildman–Crippen MR) is 110 cm³/mol. The van der Waals surface area contributed by atoms with Gasteiger partial charge >= 0.3 is 0 Å². The highest BCUT2D eigenvalue weighted by Crippen LogP contribution is 2.51. The Bertz CT molecular complexity index is 621. The van der Waals surface area contributed by atoms with Crippen molar-refractivity contribution in [2.75, 3.05) is 13.2 Å². The third-order valence-electron chi connectivity index (χ3n) is 6.32. The summed E-state index contributed by atoms with van der Waals surface area (Å²) in [6.07, 6.45) is 6.47. The Balaban J connectivity index is 2.37. The van der Waals surface area contributed by atoms with E-state index in [4.69, 9.17) is 4.74 Å². The maximum absolute atomic E-state index is 10.8.